The number of halogens is 1. The van der Waals surface area contributed by atoms with E-state index < -0.39 is 5.97 Å². The number of carboxylic acids is 1. The minimum atomic E-state index is -0.824. The van der Waals surface area contributed by atoms with Crippen LogP contribution >= 0.6 is 11.6 Å². The fourth-order valence-electron chi connectivity index (χ4n) is 4.14. The van der Waals surface area contributed by atoms with Gasteiger partial charge in [-0.15, -0.1) is 0 Å². The molecule has 0 atom stereocenters. The molecule has 6 heteroatoms. The van der Waals surface area contributed by atoms with E-state index in [1.54, 1.807) is 0 Å². The summed E-state index contributed by atoms with van der Waals surface area (Å²) in [5, 5.41) is 12.7. The molecule has 5 nitrogen and oxygen atoms in total. The van der Waals surface area contributed by atoms with E-state index in [-0.39, 0.29) is 12.3 Å². The number of amides is 1. The van der Waals surface area contributed by atoms with E-state index in [2.05, 4.69) is 10.3 Å². The van der Waals surface area contributed by atoms with Gasteiger partial charge in [-0.25, -0.2) is 0 Å². The molecule has 0 fully saturated rings. The van der Waals surface area contributed by atoms with Crippen molar-refractivity contribution in [2.75, 3.05) is 5.32 Å². The molecule has 1 aromatic heterocycles. The average molecular weight is 435 g/mol. The van der Waals surface area contributed by atoms with Crippen LogP contribution in [0.15, 0.2) is 36.4 Å². The maximum atomic E-state index is 12.7. The lowest BCUT2D eigenvalue weighted by atomic mass is 9.97. The Morgan fingerprint density at radius 2 is 1.87 bits per heavy atom. The fourth-order valence-corrected chi connectivity index (χ4v) is 4.31. The number of carbonyl (C=O) groups excluding carboxylic acids is 1. The predicted molar refractivity (Wildman–Crippen MR) is 124 cm³/mol. The number of hydrogen-bond donors (Lipinski definition) is 3. The number of aryl methyl sites for hydroxylation is 1. The van der Waals surface area contributed by atoms with Gasteiger partial charge in [0.1, 0.15) is 0 Å². The molecule has 3 aromatic rings. The first-order valence-electron chi connectivity index (χ1n) is 10.1. The Morgan fingerprint density at radius 1 is 1.10 bits per heavy atom. The molecule has 0 spiro atoms. The number of hydrogen-bond acceptors (Lipinski definition) is 2. The SMILES string of the molecule is Cc1[nH]c(/C=C2\C(=O)Nc3cc(-c4cccc(Cl)c4C)ccc32)c(C)c1CCC(=O)O. The summed E-state index contributed by atoms with van der Waals surface area (Å²) < 4.78 is 0. The molecule has 0 saturated carbocycles. The second-order valence-corrected chi connectivity index (χ2v) is 8.25. The normalized spacial score (nSPS) is 14.1. The highest BCUT2D eigenvalue weighted by Gasteiger charge is 2.25. The summed E-state index contributed by atoms with van der Waals surface area (Å²) in [5.74, 6) is -0.983. The van der Waals surface area contributed by atoms with Gasteiger partial charge in [-0.2, -0.15) is 0 Å². The Kier molecular flexibility index (Phi) is 5.46. The van der Waals surface area contributed by atoms with Crippen LogP contribution in [-0.2, 0) is 16.0 Å². The van der Waals surface area contributed by atoms with Crippen LogP contribution in [0.25, 0.3) is 22.8 Å². The maximum Gasteiger partial charge on any atom is 0.303 e. The highest BCUT2D eigenvalue weighted by Crippen LogP contribution is 2.38. The molecule has 0 radical (unpaired) electrons. The molecule has 158 valence electrons. The number of carboxylic acid groups (broad SMARTS) is 1. The van der Waals surface area contributed by atoms with Crippen molar-refractivity contribution in [2.45, 2.75) is 33.6 Å². The van der Waals surface area contributed by atoms with Crippen LogP contribution in [0.5, 0.6) is 0 Å². The van der Waals surface area contributed by atoms with Crippen molar-refractivity contribution >= 4 is 40.8 Å². The Morgan fingerprint density at radius 3 is 2.61 bits per heavy atom. The van der Waals surface area contributed by atoms with Gasteiger partial charge in [0.15, 0.2) is 0 Å². The van der Waals surface area contributed by atoms with Crippen molar-refractivity contribution in [1.82, 2.24) is 4.98 Å². The van der Waals surface area contributed by atoms with E-state index >= 15 is 0 Å². The third-order valence-corrected chi connectivity index (χ3v) is 6.30. The van der Waals surface area contributed by atoms with E-state index in [9.17, 15) is 9.59 Å². The van der Waals surface area contributed by atoms with Crippen molar-refractivity contribution in [2.24, 2.45) is 0 Å². The second-order valence-electron chi connectivity index (χ2n) is 7.85. The summed E-state index contributed by atoms with van der Waals surface area (Å²) in [6.45, 7) is 5.85. The van der Waals surface area contributed by atoms with E-state index in [1.807, 2.05) is 63.2 Å². The van der Waals surface area contributed by atoms with Gasteiger partial charge < -0.3 is 15.4 Å². The zero-order valence-corrected chi connectivity index (χ0v) is 18.4. The smallest absolute Gasteiger partial charge is 0.303 e. The highest BCUT2D eigenvalue weighted by atomic mass is 35.5. The summed E-state index contributed by atoms with van der Waals surface area (Å²) in [6.07, 6.45) is 2.38. The number of aromatic amines is 1. The zero-order valence-electron chi connectivity index (χ0n) is 17.6. The lowest BCUT2D eigenvalue weighted by Gasteiger charge is -2.09. The summed E-state index contributed by atoms with van der Waals surface area (Å²) in [4.78, 5) is 27.0. The third-order valence-electron chi connectivity index (χ3n) is 5.89. The second kappa shape index (κ2) is 8.08. The standard InChI is InChI=1S/C25H23ClN2O3/c1-13-18(5-4-6-21(13)26)16-7-8-19-20(25(31)28-23(19)11-16)12-22-14(2)17(15(3)27-22)9-10-24(29)30/h4-8,11-12,27H,9-10H2,1-3H3,(H,28,31)(H,29,30)/b20-12-. The average Bonchev–Trinajstić information content (AvgIpc) is 3.17. The minimum absolute atomic E-state index is 0.0740. The molecule has 0 aliphatic carbocycles. The van der Waals surface area contributed by atoms with Gasteiger partial charge in [0.25, 0.3) is 5.91 Å². The quantitative estimate of drug-likeness (QED) is 0.446. The van der Waals surface area contributed by atoms with E-state index in [0.29, 0.717) is 17.0 Å². The summed E-state index contributed by atoms with van der Waals surface area (Å²) >= 11 is 6.27. The van der Waals surface area contributed by atoms with E-state index in [0.717, 1.165) is 50.5 Å². The zero-order chi connectivity index (χ0) is 22.3. The molecule has 2 heterocycles. The summed E-state index contributed by atoms with van der Waals surface area (Å²) in [7, 11) is 0. The van der Waals surface area contributed by atoms with Gasteiger partial charge in [0.2, 0.25) is 0 Å². The molecule has 4 rings (SSSR count). The van der Waals surface area contributed by atoms with Gasteiger partial charge in [-0.1, -0.05) is 35.9 Å². The number of H-pyrrole nitrogens is 1. The topological polar surface area (TPSA) is 82.2 Å². The van der Waals surface area contributed by atoms with Crippen molar-refractivity contribution in [3.63, 3.8) is 0 Å². The molecule has 0 saturated heterocycles. The molecular weight excluding hydrogens is 412 g/mol. The molecule has 0 bridgehead atoms. The first-order chi connectivity index (χ1) is 14.8. The number of anilines is 1. The van der Waals surface area contributed by atoms with Crippen molar-refractivity contribution in [1.29, 1.82) is 0 Å². The number of aromatic nitrogens is 1. The van der Waals surface area contributed by atoms with Crippen molar-refractivity contribution in [3.05, 3.63) is 75.1 Å². The fraction of sp³-hybridized carbons (Fsp3) is 0.200. The molecular formula is C25H23ClN2O3. The highest BCUT2D eigenvalue weighted by molar-refractivity contribution is 6.35. The number of fused-ring (bicyclic) bond motifs is 1. The molecule has 1 aliphatic heterocycles. The van der Waals surface area contributed by atoms with Gasteiger partial charge in [0, 0.05) is 34.1 Å². The number of aliphatic carboxylic acids is 1. The Bertz CT molecular complexity index is 1250. The first-order valence-corrected chi connectivity index (χ1v) is 10.5. The molecule has 3 N–H and O–H groups in total. The number of nitrogens with one attached hydrogen (secondary N) is 2. The minimum Gasteiger partial charge on any atom is -0.481 e. The van der Waals surface area contributed by atoms with E-state index in [4.69, 9.17) is 16.7 Å². The van der Waals surface area contributed by atoms with Crippen molar-refractivity contribution in [3.8, 4) is 11.1 Å². The Balaban J connectivity index is 1.71. The van der Waals surface area contributed by atoms with Crippen LogP contribution in [0, 0.1) is 20.8 Å². The summed E-state index contributed by atoms with van der Waals surface area (Å²) in [6, 6.07) is 11.7. The lowest BCUT2D eigenvalue weighted by Crippen LogP contribution is -2.03. The number of rotatable bonds is 5. The van der Waals surface area contributed by atoms with Crippen molar-refractivity contribution < 1.29 is 14.7 Å². The van der Waals surface area contributed by atoms with E-state index in [1.165, 1.54) is 0 Å². The van der Waals surface area contributed by atoms with Crippen LogP contribution in [-0.4, -0.2) is 22.0 Å². The lowest BCUT2D eigenvalue weighted by molar-refractivity contribution is -0.137. The maximum absolute atomic E-state index is 12.7. The van der Waals surface area contributed by atoms with Crippen LogP contribution in [0.1, 0.15) is 40.1 Å². The van der Waals surface area contributed by atoms with Gasteiger partial charge in [-0.3, -0.25) is 9.59 Å². The monoisotopic (exact) mass is 434 g/mol. The van der Waals surface area contributed by atoms with Gasteiger partial charge in [0.05, 0.1) is 5.57 Å². The predicted octanol–water partition coefficient (Wildman–Crippen LogP) is 5.77. The molecule has 2 aromatic carbocycles. The largest absolute Gasteiger partial charge is 0.481 e. The third kappa shape index (κ3) is 3.89. The first kappa shape index (κ1) is 20.9. The van der Waals surface area contributed by atoms with Gasteiger partial charge in [-0.05, 0) is 73.2 Å². The Labute approximate surface area is 185 Å². The molecule has 1 aliphatic rings. The summed E-state index contributed by atoms with van der Waals surface area (Å²) in [5.41, 5.74) is 8.91. The molecule has 1 amide bonds. The molecule has 0 unspecified atom stereocenters. The number of carbonyl (C=O) groups is 2. The molecule has 31 heavy (non-hydrogen) atoms. The van der Waals surface area contributed by atoms with Gasteiger partial charge >= 0.3 is 5.97 Å². The van der Waals surface area contributed by atoms with Crippen LogP contribution < -0.4 is 5.32 Å². The van der Waals surface area contributed by atoms with Crippen LogP contribution in [0.2, 0.25) is 5.02 Å². The Hall–Kier alpha value is -3.31. The van der Waals surface area contributed by atoms with Crippen LogP contribution in [0.3, 0.4) is 0 Å². The number of benzene rings is 2. The van der Waals surface area contributed by atoms with Crippen LogP contribution in [0.4, 0.5) is 5.69 Å².